The highest BCUT2D eigenvalue weighted by Crippen LogP contribution is 2.13. The summed E-state index contributed by atoms with van der Waals surface area (Å²) in [7, 11) is 0. The van der Waals surface area contributed by atoms with Gasteiger partial charge in [-0.15, -0.1) is 0 Å². The van der Waals surface area contributed by atoms with Gasteiger partial charge < -0.3 is 5.32 Å². The van der Waals surface area contributed by atoms with E-state index in [1.807, 2.05) is 12.3 Å². The SMILES string of the molecule is CCc1cccnc1CNCC(C)c1ccccc1. The van der Waals surface area contributed by atoms with E-state index in [0.717, 1.165) is 19.5 Å². The van der Waals surface area contributed by atoms with Crippen LogP contribution in [-0.4, -0.2) is 11.5 Å². The smallest absolute Gasteiger partial charge is 0.0573 e. The summed E-state index contributed by atoms with van der Waals surface area (Å²) < 4.78 is 0. The van der Waals surface area contributed by atoms with E-state index >= 15 is 0 Å². The predicted octanol–water partition coefficient (Wildman–Crippen LogP) is 3.54. The monoisotopic (exact) mass is 254 g/mol. The van der Waals surface area contributed by atoms with E-state index in [9.17, 15) is 0 Å². The van der Waals surface area contributed by atoms with Gasteiger partial charge in [0.2, 0.25) is 0 Å². The zero-order chi connectivity index (χ0) is 13.5. The molecule has 1 aromatic carbocycles. The highest BCUT2D eigenvalue weighted by molar-refractivity contribution is 5.20. The van der Waals surface area contributed by atoms with Crippen LogP contribution in [-0.2, 0) is 13.0 Å². The molecule has 0 saturated carbocycles. The summed E-state index contributed by atoms with van der Waals surface area (Å²) in [5.41, 5.74) is 3.89. The van der Waals surface area contributed by atoms with Crippen molar-refractivity contribution in [3.8, 4) is 0 Å². The van der Waals surface area contributed by atoms with Crippen LogP contribution >= 0.6 is 0 Å². The Bertz CT molecular complexity index is 494. The van der Waals surface area contributed by atoms with Crippen LogP contribution in [0.15, 0.2) is 48.7 Å². The molecule has 0 aliphatic heterocycles. The quantitative estimate of drug-likeness (QED) is 0.853. The van der Waals surface area contributed by atoms with Gasteiger partial charge >= 0.3 is 0 Å². The number of pyridine rings is 1. The molecule has 1 unspecified atom stereocenters. The molecule has 0 amide bonds. The van der Waals surface area contributed by atoms with E-state index in [0.29, 0.717) is 5.92 Å². The Morgan fingerprint density at radius 2 is 1.89 bits per heavy atom. The van der Waals surface area contributed by atoms with Gasteiger partial charge in [-0.3, -0.25) is 4.98 Å². The van der Waals surface area contributed by atoms with Crippen LogP contribution in [0.3, 0.4) is 0 Å². The van der Waals surface area contributed by atoms with Crippen molar-refractivity contribution in [1.82, 2.24) is 10.3 Å². The molecule has 100 valence electrons. The van der Waals surface area contributed by atoms with E-state index in [-0.39, 0.29) is 0 Å². The molecule has 1 N–H and O–H groups in total. The van der Waals surface area contributed by atoms with Crippen LogP contribution in [0.25, 0.3) is 0 Å². The molecule has 0 radical (unpaired) electrons. The van der Waals surface area contributed by atoms with Crippen LogP contribution in [0.2, 0.25) is 0 Å². The van der Waals surface area contributed by atoms with Crippen molar-refractivity contribution in [2.45, 2.75) is 32.7 Å². The standard InChI is InChI=1S/C17H22N2/c1-3-15-10-7-11-19-17(15)13-18-12-14(2)16-8-5-4-6-9-16/h4-11,14,18H,3,12-13H2,1-2H3. The summed E-state index contributed by atoms with van der Waals surface area (Å²) in [5.74, 6) is 0.523. The van der Waals surface area contributed by atoms with E-state index < -0.39 is 0 Å². The molecule has 0 aliphatic carbocycles. The van der Waals surface area contributed by atoms with Gasteiger partial charge in [0.25, 0.3) is 0 Å². The van der Waals surface area contributed by atoms with Crippen molar-refractivity contribution >= 4 is 0 Å². The van der Waals surface area contributed by atoms with Crippen LogP contribution in [0.4, 0.5) is 0 Å². The number of nitrogens with one attached hydrogen (secondary N) is 1. The number of benzene rings is 1. The van der Waals surface area contributed by atoms with Gasteiger partial charge in [-0.05, 0) is 29.5 Å². The number of rotatable bonds is 6. The third kappa shape index (κ3) is 3.90. The van der Waals surface area contributed by atoms with Gasteiger partial charge in [-0.1, -0.05) is 50.2 Å². The first-order valence-electron chi connectivity index (χ1n) is 6.99. The number of hydrogen-bond donors (Lipinski definition) is 1. The Morgan fingerprint density at radius 3 is 2.63 bits per heavy atom. The molecule has 0 fully saturated rings. The molecule has 2 aromatic rings. The van der Waals surface area contributed by atoms with E-state index in [4.69, 9.17) is 0 Å². The molecule has 1 atom stereocenters. The number of aromatic nitrogens is 1. The maximum absolute atomic E-state index is 4.46. The fraction of sp³-hybridized carbons (Fsp3) is 0.353. The lowest BCUT2D eigenvalue weighted by Crippen LogP contribution is -2.21. The Kier molecular flexibility index (Phi) is 5.10. The lowest BCUT2D eigenvalue weighted by molar-refractivity contribution is 0.605. The average Bonchev–Trinajstić information content (AvgIpc) is 2.48. The zero-order valence-corrected chi connectivity index (χ0v) is 11.8. The molecule has 2 rings (SSSR count). The first-order valence-corrected chi connectivity index (χ1v) is 6.99. The summed E-state index contributed by atoms with van der Waals surface area (Å²) in [6.45, 7) is 6.25. The molecule has 2 heteroatoms. The van der Waals surface area contributed by atoms with Crippen molar-refractivity contribution in [1.29, 1.82) is 0 Å². The largest absolute Gasteiger partial charge is 0.311 e. The van der Waals surface area contributed by atoms with Crippen molar-refractivity contribution in [2.75, 3.05) is 6.54 Å². The second-order valence-corrected chi connectivity index (χ2v) is 4.91. The summed E-state index contributed by atoms with van der Waals surface area (Å²) in [5, 5.41) is 3.51. The number of nitrogens with zero attached hydrogens (tertiary/aromatic N) is 1. The highest BCUT2D eigenvalue weighted by Gasteiger charge is 2.05. The fourth-order valence-corrected chi connectivity index (χ4v) is 2.26. The Hall–Kier alpha value is -1.67. The van der Waals surface area contributed by atoms with Crippen molar-refractivity contribution in [3.63, 3.8) is 0 Å². The highest BCUT2D eigenvalue weighted by atomic mass is 14.9. The third-order valence-corrected chi connectivity index (χ3v) is 3.48. The Labute approximate surface area is 115 Å². The number of aryl methyl sites for hydroxylation is 1. The van der Waals surface area contributed by atoms with E-state index in [2.05, 4.69) is 60.5 Å². The lowest BCUT2D eigenvalue weighted by atomic mass is 10.0. The van der Waals surface area contributed by atoms with E-state index in [1.165, 1.54) is 16.8 Å². The van der Waals surface area contributed by atoms with Gasteiger partial charge in [0.15, 0.2) is 0 Å². The van der Waals surface area contributed by atoms with Gasteiger partial charge in [0, 0.05) is 19.3 Å². The molecule has 2 nitrogen and oxygen atoms in total. The van der Waals surface area contributed by atoms with Crippen molar-refractivity contribution in [3.05, 3.63) is 65.5 Å². The maximum atomic E-state index is 4.46. The first kappa shape index (κ1) is 13.8. The molecular weight excluding hydrogens is 232 g/mol. The van der Waals surface area contributed by atoms with Crippen LogP contribution < -0.4 is 5.32 Å². The minimum absolute atomic E-state index is 0.523. The third-order valence-electron chi connectivity index (χ3n) is 3.48. The van der Waals surface area contributed by atoms with Crippen molar-refractivity contribution in [2.24, 2.45) is 0 Å². The normalized spacial score (nSPS) is 12.3. The van der Waals surface area contributed by atoms with Gasteiger partial charge in [0.05, 0.1) is 5.69 Å². The summed E-state index contributed by atoms with van der Waals surface area (Å²) in [6, 6.07) is 14.8. The first-order chi connectivity index (χ1) is 9.31. The van der Waals surface area contributed by atoms with E-state index in [1.54, 1.807) is 0 Å². The number of hydrogen-bond acceptors (Lipinski definition) is 2. The van der Waals surface area contributed by atoms with Crippen LogP contribution in [0, 0.1) is 0 Å². The minimum Gasteiger partial charge on any atom is -0.311 e. The molecule has 19 heavy (non-hydrogen) atoms. The van der Waals surface area contributed by atoms with Crippen LogP contribution in [0.1, 0.15) is 36.6 Å². The summed E-state index contributed by atoms with van der Waals surface area (Å²) in [4.78, 5) is 4.46. The molecule has 0 spiro atoms. The van der Waals surface area contributed by atoms with Crippen LogP contribution in [0.5, 0.6) is 0 Å². The average molecular weight is 254 g/mol. The fourth-order valence-electron chi connectivity index (χ4n) is 2.26. The molecule has 0 aliphatic rings. The topological polar surface area (TPSA) is 24.9 Å². The second kappa shape index (κ2) is 7.05. The summed E-state index contributed by atoms with van der Waals surface area (Å²) >= 11 is 0. The predicted molar refractivity (Wildman–Crippen MR) is 80.2 cm³/mol. The van der Waals surface area contributed by atoms with Gasteiger partial charge in [-0.2, -0.15) is 0 Å². The minimum atomic E-state index is 0.523. The molecule has 0 bridgehead atoms. The van der Waals surface area contributed by atoms with Gasteiger partial charge in [0.1, 0.15) is 0 Å². The molecule has 1 aromatic heterocycles. The second-order valence-electron chi connectivity index (χ2n) is 4.91. The molecular formula is C17H22N2. The lowest BCUT2D eigenvalue weighted by Gasteiger charge is -2.13. The van der Waals surface area contributed by atoms with Crippen molar-refractivity contribution < 1.29 is 0 Å². The maximum Gasteiger partial charge on any atom is 0.0573 e. The zero-order valence-electron chi connectivity index (χ0n) is 11.8. The Morgan fingerprint density at radius 1 is 1.11 bits per heavy atom. The molecule has 1 heterocycles. The molecule has 0 saturated heterocycles. The van der Waals surface area contributed by atoms with Gasteiger partial charge in [-0.25, -0.2) is 0 Å². The Balaban J connectivity index is 1.87. The summed E-state index contributed by atoms with van der Waals surface area (Å²) in [6.07, 6.45) is 2.91.